The highest BCUT2D eigenvalue weighted by Crippen LogP contribution is 2.23. The Kier molecular flexibility index (Phi) is 2.63. The molecule has 1 aromatic carbocycles. The maximum atomic E-state index is 9.04. The monoisotopic (exact) mass is 227 g/mol. The van der Waals surface area contributed by atoms with Gasteiger partial charge in [0.25, 0.3) is 0 Å². The Morgan fingerprint density at radius 2 is 2.18 bits per heavy atom. The van der Waals surface area contributed by atoms with Gasteiger partial charge in [0.2, 0.25) is 0 Å². The van der Waals surface area contributed by atoms with Gasteiger partial charge in [0, 0.05) is 11.6 Å². The highest BCUT2D eigenvalue weighted by atomic mass is 16.5. The molecule has 1 aliphatic rings. The molecule has 0 aliphatic carbocycles. The van der Waals surface area contributed by atoms with Crippen LogP contribution in [-0.2, 0) is 11.3 Å². The molecule has 0 spiro atoms. The van der Waals surface area contributed by atoms with Crippen LogP contribution in [0.1, 0.15) is 11.3 Å². The third kappa shape index (κ3) is 1.95. The summed E-state index contributed by atoms with van der Waals surface area (Å²) in [7, 11) is 0. The number of fused-ring (bicyclic) bond motifs is 1. The third-order valence-corrected chi connectivity index (χ3v) is 3.02. The average molecular weight is 227 g/mol. The molecule has 3 nitrogen and oxygen atoms in total. The predicted molar refractivity (Wildman–Crippen MR) is 66.5 cm³/mol. The largest absolute Gasteiger partial charge is 0.390 e. The minimum absolute atomic E-state index is 0.0172. The van der Waals surface area contributed by atoms with Crippen molar-refractivity contribution < 1.29 is 9.84 Å². The summed E-state index contributed by atoms with van der Waals surface area (Å²) >= 11 is 0. The van der Waals surface area contributed by atoms with Gasteiger partial charge >= 0.3 is 0 Å². The molecule has 0 atom stereocenters. The van der Waals surface area contributed by atoms with Gasteiger partial charge in [-0.05, 0) is 28.7 Å². The van der Waals surface area contributed by atoms with Crippen molar-refractivity contribution >= 4 is 16.3 Å². The van der Waals surface area contributed by atoms with Crippen molar-refractivity contribution in [3.05, 3.63) is 47.8 Å². The second kappa shape index (κ2) is 4.28. The highest BCUT2D eigenvalue weighted by Gasteiger charge is 2.08. The summed E-state index contributed by atoms with van der Waals surface area (Å²) in [5.74, 6) is 0. The van der Waals surface area contributed by atoms with E-state index in [0.29, 0.717) is 18.9 Å². The van der Waals surface area contributed by atoms with E-state index in [1.165, 1.54) is 11.1 Å². The number of nitrogens with zero attached hydrogens (tertiary/aromatic N) is 1. The standard InChI is InChI=1S/C14H13NO2/c16-8-14-6-11-2-1-10(5-13(11)7-15-14)12-3-4-17-9-12/h1-3,5-7,16H,4,8-9H2. The molecule has 0 saturated heterocycles. The molecule has 17 heavy (non-hydrogen) atoms. The molecule has 0 unspecified atom stereocenters. The van der Waals surface area contributed by atoms with Gasteiger partial charge in [-0.15, -0.1) is 0 Å². The SMILES string of the molecule is OCc1cc2ccc(C3=CCOC3)cc2cn1. The lowest BCUT2D eigenvalue weighted by atomic mass is 10.0. The van der Waals surface area contributed by atoms with Gasteiger partial charge in [0.15, 0.2) is 0 Å². The minimum Gasteiger partial charge on any atom is -0.390 e. The van der Waals surface area contributed by atoms with Gasteiger partial charge in [-0.1, -0.05) is 18.2 Å². The smallest absolute Gasteiger partial charge is 0.0853 e. The van der Waals surface area contributed by atoms with E-state index in [2.05, 4.69) is 29.3 Å². The topological polar surface area (TPSA) is 42.4 Å². The summed E-state index contributed by atoms with van der Waals surface area (Å²) in [6, 6.07) is 8.18. The number of aliphatic hydroxyl groups is 1. The van der Waals surface area contributed by atoms with Crippen LogP contribution in [0.15, 0.2) is 36.5 Å². The van der Waals surface area contributed by atoms with Crippen LogP contribution in [0, 0.1) is 0 Å². The Hall–Kier alpha value is -1.71. The first-order valence-corrected chi connectivity index (χ1v) is 5.63. The van der Waals surface area contributed by atoms with E-state index in [0.717, 1.165) is 10.8 Å². The molecular weight excluding hydrogens is 214 g/mol. The zero-order valence-electron chi connectivity index (χ0n) is 9.39. The highest BCUT2D eigenvalue weighted by molar-refractivity contribution is 5.86. The molecule has 3 heteroatoms. The van der Waals surface area contributed by atoms with Crippen LogP contribution in [0.25, 0.3) is 16.3 Å². The van der Waals surface area contributed by atoms with Crippen LogP contribution in [0.2, 0.25) is 0 Å². The molecule has 86 valence electrons. The summed E-state index contributed by atoms with van der Waals surface area (Å²) < 4.78 is 5.32. The molecule has 3 rings (SSSR count). The molecule has 2 aromatic rings. The first-order chi connectivity index (χ1) is 8.36. The van der Waals surface area contributed by atoms with Crippen molar-refractivity contribution in [3.63, 3.8) is 0 Å². The van der Waals surface area contributed by atoms with E-state index >= 15 is 0 Å². The van der Waals surface area contributed by atoms with Crippen LogP contribution in [0.5, 0.6) is 0 Å². The summed E-state index contributed by atoms with van der Waals surface area (Å²) in [5.41, 5.74) is 3.13. The number of ether oxygens (including phenoxy) is 1. The molecule has 0 saturated carbocycles. The van der Waals surface area contributed by atoms with E-state index in [4.69, 9.17) is 9.84 Å². The molecular formula is C14H13NO2. The summed E-state index contributed by atoms with van der Waals surface area (Å²) in [4.78, 5) is 4.19. The van der Waals surface area contributed by atoms with Gasteiger partial charge < -0.3 is 9.84 Å². The lowest BCUT2D eigenvalue weighted by Crippen LogP contribution is -1.91. The van der Waals surface area contributed by atoms with Gasteiger partial charge in [0.1, 0.15) is 0 Å². The maximum Gasteiger partial charge on any atom is 0.0853 e. The zero-order chi connectivity index (χ0) is 11.7. The first-order valence-electron chi connectivity index (χ1n) is 5.63. The maximum absolute atomic E-state index is 9.04. The summed E-state index contributed by atoms with van der Waals surface area (Å²) in [6.45, 7) is 1.37. The Morgan fingerprint density at radius 3 is 2.94 bits per heavy atom. The Balaban J connectivity index is 2.07. The molecule has 0 amide bonds. The fourth-order valence-corrected chi connectivity index (χ4v) is 2.06. The van der Waals surface area contributed by atoms with Crippen LogP contribution in [0.3, 0.4) is 0 Å². The van der Waals surface area contributed by atoms with Crippen molar-refractivity contribution in [2.24, 2.45) is 0 Å². The molecule has 0 radical (unpaired) electrons. The number of hydrogen-bond acceptors (Lipinski definition) is 3. The van der Waals surface area contributed by atoms with Gasteiger partial charge in [-0.25, -0.2) is 0 Å². The van der Waals surface area contributed by atoms with E-state index in [1.54, 1.807) is 6.20 Å². The van der Waals surface area contributed by atoms with Gasteiger partial charge in [-0.2, -0.15) is 0 Å². The van der Waals surface area contributed by atoms with Crippen molar-refractivity contribution in [2.45, 2.75) is 6.61 Å². The fourth-order valence-electron chi connectivity index (χ4n) is 2.06. The lowest BCUT2D eigenvalue weighted by molar-refractivity contribution is 0.216. The number of pyridine rings is 1. The number of aliphatic hydroxyl groups excluding tert-OH is 1. The molecule has 1 N–H and O–H groups in total. The Labute approximate surface area is 99.4 Å². The van der Waals surface area contributed by atoms with Crippen LogP contribution >= 0.6 is 0 Å². The normalized spacial score (nSPS) is 15.2. The second-order valence-electron chi connectivity index (χ2n) is 4.14. The lowest BCUT2D eigenvalue weighted by Gasteiger charge is -2.05. The molecule has 0 fully saturated rings. The average Bonchev–Trinajstić information content (AvgIpc) is 2.91. The Bertz CT molecular complexity index is 590. The van der Waals surface area contributed by atoms with Crippen molar-refractivity contribution in [1.82, 2.24) is 4.98 Å². The predicted octanol–water partition coefficient (Wildman–Crippen LogP) is 2.14. The zero-order valence-corrected chi connectivity index (χ0v) is 9.39. The second-order valence-corrected chi connectivity index (χ2v) is 4.14. The number of benzene rings is 1. The van der Waals surface area contributed by atoms with Crippen molar-refractivity contribution in [1.29, 1.82) is 0 Å². The van der Waals surface area contributed by atoms with Crippen molar-refractivity contribution in [2.75, 3.05) is 13.2 Å². The number of hydrogen-bond donors (Lipinski definition) is 1. The van der Waals surface area contributed by atoms with E-state index in [9.17, 15) is 0 Å². The van der Waals surface area contributed by atoms with Crippen LogP contribution in [-0.4, -0.2) is 23.3 Å². The van der Waals surface area contributed by atoms with Gasteiger partial charge in [-0.3, -0.25) is 4.98 Å². The quantitative estimate of drug-likeness (QED) is 0.854. The molecule has 1 aliphatic heterocycles. The molecule has 0 bridgehead atoms. The van der Waals surface area contributed by atoms with E-state index < -0.39 is 0 Å². The third-order valence-electron chi connectivity index (χ3n) is 3.02. The summed E-state index contributed by atoms with van der Waals surface area (Å²) in [6.07, 6.45) is 3.91. The minimum atomic E-state index is -0.0172. The van der Waals surface area contributed by atoms with Crippen LogP contribution in [0.4, 0.5) is 0 Å². The van der Waals surface area contributed by atoms with E-state index in [1.807, 2.05) is 6.07 Å². The van der Waals surface area contributed by atoms with Gasteiger partial charge in [0.05, 0.1) is 25.5 Å². The first kappa shape index (κ1) is 10.4. The number of aromatic nitrogens is 1. The summed E-state index contributed by atoms with van der Waals surface area (Å²) in [5, 5.41) is 11.2. The molecule has 1 aromatic heterocycles. The Morgan fingerprint density at radius 1 is 1.24 bits per heavy atom. The van der Waals surface area contributed by atoms with Crippen LogP contribution < -0.4 is 0 Å². The molecule has 2 heterocycles. The number of rotatable bonds is 2. The van der Waals surface area contributed by atoms with Crippen molar-refractivity contribution in [3.8, 4) is 0 Å². The fraction of sp³-hybridized carbons (Fsp3) is 0.214. The van der Waals surface area contributed by atoms with E-state index in [-0.39, 0.29) is 6.61 Å².